The van der Waals surface area contributed by atoms with Crippen molar-refractivity contribution in [2.45, 2.75) is 112 Å². The Balaban J connectivity index is 2.43. The van der Waals surface area contributed by atoms with E-state index in [4.69, 9.17) is 4.74 Å². The fourth-order valence-corrected chi connectivity index (χ4v) is 5.16. The maximum absolute atomic E-state index is 13.6. The Morgan fingerprint density at radius 1 is 1.11 bits per heavy atom. The number of nitrogens with zero attached hydrogens (tertiary/aromatic N) is 2. The van der Waals surface area contributed by atoms with Gasteiger partial charge in [-0.3, -0.25) is 24.0 Å². The third-order valence-electron chi connectivity index (χ3n) is 7.32. The van der Waals surface area contributed by atoms with E-state index in [9.17, 15) is 19.5 Å². The van der Waals surface area contributed by atoms with Crippen LogP contribution in [-0.2, 0) is 9.53 Å². The van der Waals surface area contributed by atoms with Crippen LogP contribution in [0.5, 0.6) is 0 Å². The lowest BCUT2D eigenvalue weighted by atomic mass is 9.89. The fraction of sp³-hybridized carbons (Fsp3) is 0.750. The van der Waals surface area contributed by atoms with E-state index in [0.717, 1.165) is 0 Å². The van der Waals surface area contributed by atoms with Crippen LogP contribution < -0.4 is 21.9 Å². The second kappa shape index (κ2) is 13.1. The van der Waals surface area contributed by atoms with Crippen molar-refractivity contribution >= 4 is 5.91 Å². The Labute approximate surface area is 226 Å². The monoisotopic (exact) mass is 535 g/mol. The van der Waals surface area contributed by atoms with Crippen molar-refractivity contribution in [3.05, 3.63) is 44.6 Å². The van der Waals surface area contributed by atoms with Crippen LogP contribution in [0, 0.1) is 17.8 Å². The summed E-state index contributed by atoms with van der Waals surface area (Å²) in [6, 6.07) is -0.224. The van der Waals surface area contributed by atoms with E-state index in [0.29, 0.717) is 11.3 Å². The first-order chi connectivity index (χ1) is 17.6. The molecule has 10 nitrogen and oxygen atoms in total. The predicted molar refractivity (Wildman–Crippen MR) is 150 cm³/mol. The standard InChI is InChI=1S/C28H49N5O5/c1-14(2)19-13-33(28(37)31-25(19)35)27-24(34)21(15(3)4)20(38-27)12-29-26(36)22(30-17(7)8)23(16(5)6)32(11)18(9)10/h12-18,21-24,27,30,34H,1-11H3,(H,29,36)(H,31,35,37). The van der Waals surface area contributed by atoms with Crippen LogP contribution in [0.3, 0.4) is 0 Å². The summed E-state index contributed by atoms with van der Waals surface area (Å²) in [6.07, 6.45) is 0.878. The Morgan fingerprint density at radius 2 is 1.71 bits per heavy atom. The van der Waals surface area contributed by atoms with Crippen LogP contribution in [0.4, 0.5) is 0 Å². The highest BCUT2D eigenvalue weighted by Gasteiger charge is 2.44. The normalized spacial score (nSPS) is 22.8. The van der Waals surface area contributed by atoms with Crippen molar-refractivity contribution in [1.29, 1.82) is 0 Å². The molecule has 1 aromatic heterocycles. The second-order valence-electron chi connectivity index (χ2n) is 12.0. The van der Waals surface area contributed by atoms with Gasteiger partial charge in [0.1, 0.15) is 17.9 Å². The molecule has 0 aliphatic carbocycles. The Kier molecular flexibility index (Phi) is 10.9. The molecule has 1 fully saturated rings. The average molecular weight is 536 g/mol. The van der Waals surface area contributed by atoms with Gasteiger partial charge < -0.3 is 20.5 Å². The minimum Gasteiger partial charge on any atom is -0.470 e. The number of nitrogens with one attached hydrogen (secondary N) is 3. The lowest BCUT2D eigenvalue weighted by Crippen LogP contribution is -2.60. The van der Waals surface area contributed by atoms with Crippen LogP contribution in [-0.4, -0.2) is 62.8 Å². The van der Waals surface area contributed by atoms with E-state index in [2.05, 4.69) is 48.2 Å². The van der Waals surface area contributed by atoms with Gasteiger partial charge in [-0.25, -0.2) is 4.79 Å². The number of rotatable bonds is 11. The van der Waals surface area contributed by atoms with Gasteiger partial charge >= 0.3 is 5.69 Å². The molecule has 1 aromatic rings. The van der Waals surface area contributed by atoms with Crippen LogP contribution in [0.2, 0.25) is 0 Å². The van der Waals surface area contributed by atoms with E-state index < -0.39 is 35.5 Å². The highest BCUT2D eigenvalue weighted by molar-refractivity contribution is 5.83. The van der Waals surface area contributed by atoms with Crippen molar-refractivity contribution in [2.75, 3.05) is 7.05 Å². The molecular formula is C28H49N5O5. The first-order valence-electron chi connectivity index (χ1n) is 13.8. The number of H-pyrrole nitrogens is 1. The molecule has 1 amide bonds. The number of carbonyl (C=O) groups is 1. The number of aromatic amines is 1. The number of amides is 1. The summed E-state index contributed by atoms with van der Waals surface area (Å²) < 4.78 is 7.33. The van der Waals surface area contributed by atoms with E-state index in [1.807, 2.05) is 48.6 Å². The smallest absolute Gasteiger partial charge is 0.331 e. The SMILES string of the molecule is CC(C)NC(C(=O)NC=C1OC(n2cc(C(C)C)c(=O)[nH]c2=O)C(O)C1C(C)C)C(C(C)C)N(C)C(C)C. The number of likely N-dealkylation sites (N-methyl/N-ethyl adjacent to an activating group) is 1. The van der Waals surface area contributed by atoms with Crippen molar-refractivity contribution in [2.24, 2.45) is 17.8 Å². The van der Waals surface area contributed by atoms with Gasteiger partial charge in [0.25, 0.3) is 5.56 Å². The molecule has 2 heterocycles. The quantitative estimate of drug-likeness (QED) is 0.343. The number of hydrogen-bond acceptors (Lipinski definition) is 7. The van der Waals surface area contributed by atoms with Crippen molar-refractivity contribution < 1.29 is 14.6 Å². The van der Waals surface area contributed by atoms with Gasteiger partial charge in [-0.15, -0.1) is 0 Å². The van der Waals surface area contributed by atoms with Crippen LogP contribution in [0.15, 0.2) is 27.7 Å². The number of aliphatic hydroxyl groups excluding tert-OH is 1. The molecule has 38 heavy (non-hydrogen) atoms. The summed E-state index contributed by atoms with van der Waals surface area (Å²) in [7, 11) is 2.03. The molecule has 5 unspecified atom stereocenters. The van der Waals surface area contributed by atoms with Gasteiger partial charge in [0.15, 0.2) is 0 Å². The maximum atomic E-state index is 13.6. The minimum atomic E-state index is -1.05. The molecule has 2 rings (SSSR count). The Hall–Kier alpha value is -2.43. The Morgan fingerprint density at radius 3 is 2.18 bits per heavy atom. The van der Waals surface area contributed by atoms with Gasteiger partial charge in [0.2, 0.25) is 12.1 Å². The zero-order valence-electron chi connectivity index (χ0n) is 24.9. The molecule has 0 saturated carbocycles. The summed E-state index contributed by atoms with van der Waals surface area (Å²) in [5.41, 5.74) is -0.690. The zero-order valence-corrected chi connectivity index (χ0v) is 24.9. The molecule has 1 saturated heterocycles. The predicted octanol–water partition coefficient (Wildman–Crippen LogP) is 2.51. The topological polar surface area (TPSA) is 129 Å². The fourth-order valence-electron chi connectivity index (χ4n) is 5.16. The highest BCUT2D eigenvalue weighted by Crippen LogP contribution is 2.40. The van der Waals surface area contributed by atoms with Crippen LogP contribution in [0.1, 0.15) is 86.9 Å². The molecule has 0 aromatic carbocycles. The highest BCUT2D eigenvalue weighted by atomic mass is 16.5. The first kappa shape index (κ1) is 31.8. The summed E-state index contributed by atoms with van der Waals surface area (Å²) in [4.78, 5) is 43.0. The van der Waals surface area contributed by atoms with Gasteiger partial charge in [-0.1, -0.05) is 55.4 Å². The molecule has 0 radical (unpaired) electrons. The molecule has 0 spiro atoms. The molecule has 4 N–H and O–H groups in total. The van der Waals surface area contributed by atoms with Crippen molar-refractivity contribution in [3.8, 4) is 0 Å². The molecule has 216 valence electrons. The van der Waals surface area contributed by atoms with Gasteiger partial charge in [0.05, 0.1) is 5.92 Å². The largest absolute Gasteiger partial charge is 0.470 e. The van der Waals surface area contributed by atoms with Gasteiger partial charge in [-0.05, 0) is 38.6 Å². The van der Waals surface area contributed by atoms with Crippen molar-refractivity contribution in [1.82, 2.24) is 25.1 Å². The minimum absolute atomic E-state index is 0.0405. The third kappa shape index (κ3) is 7.15. The lowest BCUT2D eigenvalue weighted by molar-refractivity contribution is -0.125. The molecule has 0 bridgehead atoms. The van der Waals surface area contributed by atoms with Crippen molar-refractivity contribution in [3.63, 3.8) is 0 Å². The van der Waals surface area contributed by atoms with E-state index in [1.54, 1.807) is 0 Å². The van der Waals surface area contributed by atoms with Crippen LogP contribution in [0.25, 0.3) is 0 Å². The number of aliphatic hydroxyl groups is 1. The molecule has 5 atom stereocenters. The molecule has 10 heteroatoms. The number of ether oxygens (including phenoxy) is 1. The molecule has 1 aliphatic rings. The van der Waals surface area contributed by atoms with Gasteiger partial charge in [-0.2, -0.15) is 0 Å². The number of aromatic nitrogens is 2. The summed E-state index contributed by atoms with van der Waals surface area (Å²) in [5, 5.41) is 17.6. The van der Waals surface area contributed by atoms with E-state index >= 15 is 0 Å². The average Bonchev–Trinajstić information content (AvgIpc) is 3.12. The van der Waals surface area contributed by atoms with Crippen LogP contribution >= 0.6 is 0 Å². The number of carbonyl (C=O) groups excluding carboxylic acids is 1. The second-order valence-corrected chi connectivity index (χ2v) is 12.0. The maximum Gasteiger partial charge on any atom is 0.331 e. The Bertz CT molecular complexity index is 1090. The molecule has 1 aliphatic heterocycles. The van der Waals surface area contributed by atoms with E-state index in [-0.39, 0.29) is 41.8 Å². The summed E-state index contributed by atoms with van der Waals surface area (Å²) in [6.45, 7) is 20.0. The summed E-state index contributed by atoms with van der Waals surface area (Å²) in [5.74, 6) is -0.237. The summed E-state index contributed by atoms with van der Waals surface area (Å²) >= 11 is 0. The lowest BCUT2D eigenvalue weighted by Gasteiger charge is -2.40. The van der Waals surface area contributed by atoms with Gasteiger partial charge in [0, 0.05) is 36.1 Å². The first-order valence-corrected chi connectivity index (χ1v) is 13.8. The zero-order chi connectivity index (χ0) is 29.1. The molecular weight excluding hydrogens is 486 g/mol. The number of hydrogen-bond donors (Lipinski definition) is 4. The third-order valence-corrected chi connectivity index (χ3v) is 7.32. The van der Waals surface area contributed by atoms with E-state index in [1.165, 1.54) is 17.0 Å².